The standard InChI is InChI=1S/C20H24O2/c1-9-11-7-13(19(11,3)4)15(17(9)21)16-14-8-12(20(14,5)6)10(2)18(16)22/h11-14H,1-2,7-8H2,3-6H3/b16-15+/t11-,12-,13+,14+/m0/s1. The van der Waals surface area contributed by atoms with E-state index in [0.29, 0.717) is 23.0 Å². The summed E-state index contributed by atoms with van der Waals surface area (Å²) in [6, 6.07) is 0. The monoisotopic (exact) mass is 296 g/mol. The molecule has 6 fully saturated rings. The smallest absolute Gasteiger partial charge is 0.185 e. The highest BCUT2D eigenvalue weighted by atomic mass is 16.1. The number of carbonyl (C=O) groups is 2. The Balaban J connectivity index is 1.92. The largest absolute Gasteiger partial charge is 0.289 e. The molecule has 0 radical (unpaired) electrons. The zero-order valence-electron chi connectivity index (χ0n) is 14.0. The summed E-state index contributed by atoms with van der Waals surface area (Å²) in [5.74, 6) is 1.12. The highest BCUT2D eigenvalue weighted by molar-refractivity contribution is 6.20. The number of ketones is 2. The molecule has 0 amide bonds. The first-order valence-corrected chi connectivity index (χ1v) is 8.31. The molecule has 0 aromatic heterocycles. The molecule has 0 aliphatic heterocycles. The lowest BCUT2D eigenvalue weighted by atomic mass is 9.41. The van der Waals surface area contributed by atoms with E-state index in [0.717, 1.165) is 24.0 Å². The molecule has 0 aromatic carbocycles. The van der Waals surface area contributed by atoms with E-state index in [1.54, 1.807) is 0 Å². The van der Waals surface area contributed by atoms with E-state index in [1.165, 1.54) is 0 Å². The van der Waals surface area contributed by atoms with Gasteiger partial charge in [0.05, 0.1) is 0 Å². The first-order chi connectivity index (χ1) is 10.1. The normalized spacial score (nSPS) is 44.5. The fourth-order valence-corrected chi connectivity index (χ4v) is 5.61. The Bertz CT molecular complexity index is 641. The minimum Gasteiger partial charge on any atom is -0.289 e. The van der Waals surface area contributed by atoms with E-state index < -0.39 is 0 Å². The summed E-state index contributed by atoms with van der Waals surface area (Å²) in [6.07, 6.45) is 1.96. The van der Waals surface area contributed by atoms with Crippen molar-refractivity contribution in [2.75, 3.05) is 0 Å². The fourth-order valence-electron chi connectivity index (χ4n) is 5.61. The van der Waals surface area contributed by atoms with Crippen molar-refractivity contribution in [2.45, 2.75) is 40.5 Å². The average molecular weight is 296 g/mol. The molecule has 6 aliphatic rings. The van der Waals surface area contributed by atoms with Gasteiger partial charge in [-0.05, 0) is 58.5 Å². The number of fused-ring (bicyclic) bond motifs is 4. The van der Waals surface area contributed by atoms with Crippen LogP contribution in [0.1, 0.15) is 40.5 Å². The lowest BCUT2D eigenvalue weighted by molar-refractivity contribution is -0.126. The number of allylic oxidation sites excluding steroid dienone is 4. The van der Waals surface area contributed by atoms with Gasteiger partial charge in [0.1, 0.15) is 0 Å². The second-order valence-electron chi connectivity index (χ2n) is 8.86. The molecule has 4 atom stereocenters. The molecule has 6 saturated carbocycles. The molecule has 0 heterocycles. The van der Waals surface area contributed by atoms with Crippen LogP contribution >= 0.6 is 0 Å². The second kappa shape index (κ2) is 3.72. The lowest BCUT2D eigenvalue weighted by Gasteiger charge is -2.62. The van der Waals surface area contributed by atoms with Gasteiger partial charge >= 0.3 is 0 Å². The van der Waals surface area contributed by atoms with Gasteiger partial charge in [0.15, 0.2) is 11.6 Å². The molecule has 0 N–H and O–H groups in total. The Morgan fingerprint density at radius 2 is 1.05 bits per heavy atom. The molecule has 22 heavy (non-hydrogen) atoms. The first-order valence-electron chi connectivity index (χ1n) is 8.31. The highest BCUT2D eigenvalue weighted by Crippen LogP contribution is 2.67. The van der Waals surface area contributed by atoms with E-state index in [9.17, 15) is 9.59 Å². The van der Waals surface area contributed by atoms with Crippen molar-refractivity contribution >= 4 is 11.6 Å². The lowest BCUT2D eigenvalue weighted by Crippen LogP contribution is -2.58. The minimum atomic E-state index is 0.0536. The molecule has 2 heteroatoms. The summed E-state index contributed by atoms with van der Waals surface area (Å²) >= 11 is 0. The predicted molar refractivity (Wildman–Crippen MR) is 86.1 cm³/mol. The molecule has 2 nitrogen and oxygen atoms in total. The molecule has 4 bridgehead atoms. The highest BCUT2D eigenvalue weighted by Gasteiger charge is 2.63. The summed E-state index contributed by atoms with van der Waals surface area (Å²) in [7, 11) is 0. The third kappa shape index (κ3) is 1.29. The maximum Gasteiger partial charge on any atom is 0.185 e. The van der Waals surface area contributed by atoms with Crippen molar-refractivity contribution in [3.05, 3.63) is 35.5 Å². The van der Waals surface area contributed by atoms with Crippen molar-refractivity contribution in [2.24, 2.45) is 34.5 Å². The molecule has 116 valence electrons. The molecule has 6 aliphatic carbocycles. The van der Waals surface area contributed by atoms with Crippen molar-refractivity contribution in [3.8, 4) is 0 Å². The summed E-state index contributed by atoms with van der Waals surface area (Å²) in [4.78, 5) is 25.7. The van der Waals surface area contributed by atoms with Crippen LogP contribution in [0.3, 0.4) is 0 Å². The quantitative estimate of drug-likeness (QED) is 0.636. The van der Waals surface area contributed by atoms with Crippen molar-refractivity contribution in [1.29, 1.82) is 0 Å². The molecule has 0 unspecified atom stereocenters. The van der Waals surface area contributed by atoms with Gasteiger partial charge in [-0.15, -0.1) is 0 Å². The van der Waals surface area contributed by atoms with Gasteiger partial charge in [0, 0.05) is 11.1 Å². The van der Waals surface area contributed by atoms with E-state index in [2.05, 4.69) is 40.9 Å². The molecule has 0 spiro atoms. The summed E-state index contributed by atoms with van der Waals surface area (Å²) < 4.78 is 0. The first kappa shape index (κ1) is 14.2. The van der Waals surface area contributed by atoms with Crippen LogP contribution in [0.5, 0.6) is 0 Å². The summed E-state index contributed by atoms with van der Waals surface area (Å²) in [5, 5.41) is 0. The van der Waals surface area contributed by atoms with Gasteiger partial charge in [0.2, 0.25) is 0 Å². The van der Waals surface area contributed by atoms with Crippen LogP contribution in [0.4, 0.5) is 0 Å². The van der Waals surface area contributed by atoms with Crippen LogP contribution < -0.4 is 0 Å². The third-order valence-corrected chi connectivity index (χ3v) is 7.44. The van der Waals surface area contributed by atoms with Crippen LogP contribution in [-0.2, 0) is 9.59 Å². The van der Waals surface area contributed by atoms with Crippen LogP contribution in [0.15, 0.2) is 35.5 Å². The zero-order chi connectivity index (χ0) is 16.2. The van der Waals surface area contributed by atoms with E-state index in [4.69, 9.17) is 0 Å². The van der Waals surface area contributed by atoms with Crippen molar-refractivity contribution in [1.82, 2.24) is 0 Å². The van der Waals surface area contributed by atoms with Crippen molar-refractivity contribution in [3.63, 3.8) is 0 Å². The second-order valence-corrected chi connectivity index (χ2v) is 8.86. The summed E-state index contributed by atoms with van der Waals surface area (Å²) in [5.41, 5.74) is 3.12. The number of hydrogen-bond acceptors (Lipinski definition) is 2. The Labute approximate surface area is 132 Å². The molecule has 6 rings (SSSR count). The SMILES string of the molecule is C=C1C(=O)/C(=C2/C(=O)C(=C)[C@@H]3C[C@H]2C3(C)C)[C@H]2C[C@@H]1C2(C)C. The molecular formula is C20H24O2. The fraction of sp³-hybridized carbons (Fsp3) is 0.600. The van der Waals surface area contributed by atoms with Crippen LogP contribution in [0, 0.1) is 34.5 Å². The molecular weight excluding hydrogens is 272 g/mol. The maximum atomic E-state index is 12.8. The van der Waals surface area contributed by atoms with Crippen molar-refractivity contribution < 1.29 is 9.59 Å². The minimum absolute atomic E-state index is 0.0536. The van der Waals surface area contributed by atoms with E-state index >= 15 is 0 Å². The van der Waals surface area contributed by atoms with Gasteiger partial charge in [-0.3, -0.25) is 9.59 Å². The summed E-state index contributed by atoms with van der Waals surface area (Å²) in [6.45, 7) is 16.9. The Morgan fingerprint density at radius 3 is 1.32 bits per heavy atom. The van der Waals surface area contributed by atoms with Gasteiger partial charge in [0.25, 0.3) is 0 Å². The van der Waals surface area contributed by atoms with Crippen LogP contribution in [0.2, 0.25) is 0 Å². The van der Waals surface area contributed by atoms with Crippen LogP contribution in [-0.4, -0.2) is 11.6 Å². The van der Waals surface area contributed by atoms with E-state index in [1.807, 2.05) is 0 Å². The Kier molecular flexibility index (Phi) is 2.40. The molecule has 0 aromatic rings. The van der Waals surface area contributed by atoms with Crippen LogP contribution in [0.25, 0.3) is 0 Å². The zero-order valence-corrected chi connectivity index (χ0v) is 14.0. The predicted octanol–water partition coefficient (Wildman–Crippen LogP) is 3.89. The van der Waals surface area contributed by atoms with Gasteiger partial charge in [-0.1, -0.05) is 40.9 Å². The number of rotatable bonds is 0. The average Bonchev–Trinajstić information content (AvgIpc) is 2.43. The maximum absolute atomic E-state index is 12.8. The third-order valence-electron chi connectivity index (χ3n) is 7.44. The number of carbonyl (C=O) groups excluding carboxylic acids is 2. The number of hydrogen-bond donors (Lipinski definition) is 0. The van der Waals surface area contributed by atoms with E-state index in [-0.39, 0.29) is 34.2 Å². The van der Waals surface area contributed by atoms with Gasteiger partial charge in [-0.2, -0.15) is 0 Å². The number of Topliss-reactive ketones (excluding diaryl/α,β-unsaturated/α-hetero) is 2. The Morgan fingerprint density at radius 1 is 0.727 bits per heavy atom. The Hall–Kier alpha value is -1.44. The van der Waals surface area contributed by atoms with Gasteiger partial charge in [-0.25, -0.2) is 0 Å². The molecule has 0 saturated heterocycles. The van der Waals surface area contributed by atoms with Gasteiger partial charge < -0.3 is 0 Å². The topological polar surface area (TPSA) is 34.1 Å².